The van der Waals surface area contributed by atoms with Crippen LogP contribution in [0.1, 0.15) is 47.4 Å². The highest BCUT2D eigenvalue weighted by Gasteiger charge is 2.35. The standard InChI is InChI=1S/C23H21ClF2N6O3/c1-12(28-16-3-4-17(24)29-19(16)21(34)35)14-9-13(11-27)10-15-18(14)30-22(31(2)20(15)33)32-7-5-23(25,26)6-8-32/h3-4,9-10,12,28H,5-8H2,1-2H3,(H,34,35)/t12-/m1/s1. The number of aromatic carboxylic acids is 1. The molecule has 0 radical (unpaired) electrons. The number of carbonyl (C=O) groups is 1. The molecule has 0 spiro atoms. The molecule has 1 fully saturated rings. The Morgan fingerprint density at radius 3 is 2.60 bits per heavy atom. The number of nitrogens with zero attached hydrogens (tertiary/aromatic N) is 5. The Hall–Kier alpha value is -3.78. The molecule has 4 rings (SSSR count). The van der Waals surface area contributed by atoms with Crippen molar-refractivity contribution in [2.75, 3.05) is 23.3 Å². The minimum Gasteiger partial charge on any atom is -0.476 e. The largest absolute Gasteiger partial charge is 0.476 e. The van der Waals surface area contributed by atoms with Crippen molar-refractivity contribution in [1.82, 2.24) is 14.5 Å². The first-order valence-electron chi connectivity index (χ1n) is 10.7. The Bertz CT molecular complexity index is 1430. The summed E-state index contributed by atoms with van der Waals surface area (Å²) in [5.74, 6) is -3.80. The Kier molecular flexibility index (Phi) is 6.34. The Morgan fingerprint density at radius 1 is 1.29 bits per heavy atom. The van der Waals surface area contributed by atoms with E-state index in [2.05, 4.69) is 15.3 Å². The number of carboxylic acids is 1. The Labute approximate surface area is 203 Å². The molecule has 1 aromatic carbocycles. The lowest BCUT2D eigenvalue weighted by atomic mass is 10.0. The minimum atomic E-state index is -2.76. The molecule has 1 atom stereocenters. The van der Waals surface area contributed by atoms with Gasteiger partial charge in [0.05, 0.1) is 34.3 Å². The number of anilines is 2. The van der Waals surface area contributed by atoms with Gasteiger partial charge < -0.3 is 15.3 Å². The zero-order valence-electron chi connectivity index (χ0n) is 18.8. The van der Waals surface area contributed by atoms with Gasteiger partial charge in [0.15, 0.2) is 5.69 Å². The van der Waals surface area contributed by atoms with E-state index in [9.17, 15) is 28.7 Å². The van der Waals surface area contributed by atoms with Crippen LogP contribution in [0, 0.1) is 11.3 Å². The fraction of sp³-hybridized carbons (Fsp3) is 0.348. The maximum absolute atomic E-state index is 13.7. The summed E-state index contributed by atoms with van der Waals surface area (Å²) in [6.45, 7) is 1.80. The third-order valence-electron chi connectivity index (χ3n) is 6.00. The van der Waals surface area contributed by atoms with E-state index in [0.717, 1.165) is 0 Å². The molecule has 0 bridgehead atoms. The molecule has 2 aromatic heterocycles. The van der Waals surface area contributed by atoms with Crippen LogP contribution in [0.2, 0.25) is 5.15 Å². The summed E-state index contributed by atoms with van der Waals surface area (Å²) in [5, 5.41) is 22.3. The average molecular weight is 503 g/mol. The van der Waals surface area contributed by atoms with Crippen LogP contribution in [-0.4, -0.2) is 44.6 Å². The maximum Gasteiger partial charge on any atom is 0.356 e. The molecule has 0 amide bonds. The number of nitriles is 1. The lowest BCUT2D eigenvalue weighted by Crippen LogP contribution is -2.42. The van der Waals surface area contributed by atoms with Crippen molar-refractivity contribution in [2.24, 2.45) is 7.05 Å². The van der Waals surface area contributed by atoms with Gasteiger partial charge in [0.1, 0.15) is 5.15 Å². The number of carboxylic acid groups (broad SMARTS) is 1. The number of nitrogens with one attached hydrogen (secondary N) is 1. The Morgan fingerprint density at radius 2 is 1.97 bits per heavy atom. The van der Waals surface area contributed by atoms with Crippen molar-refractivity contribution in [3.63, 3.8) is 0 Å². The van der Waals surface area contributed by atoms with Crippen LogP contribution in [-0.2, 0) is 7.05 Å². The maximum atomic E-state index is 13.7. The van der Waals surface area contributed by atoms with Gasteiger partial charge in [-0.05, 0) is 31.2 Å². The van der Waals surface area contributed by atoms with Crippen LogP contribution < -0.4 is 15.8 Å². The minimum absolute atomic E-state index is 0.0134. The first-order valence-corrected chi connectivity index (χ1v) is 11.1. The van der Waals surface area contributed by atoms with Crippen molar-refractivity contribution in [3.05, 3.63) is 56.6 Å². The lowest BCUT2D eigenvalue weighted by Gasteiger charge is -2.33. The summed E-state index contributed by atoms with van der Waals surface area (Å²) < 4.78 is 28.7. The fourth-order valence-electron chi connectivity index (χ4n) is 4.13. The number of benzene rings is 1. The van der Waals surface area contributed by atoms with E-state index in [1.807, 2.05) is 6.07 Å². The van der Waals surface area contributed by atoms with E-state index >= 15 is 0 Å². The molecule has 3 aromatic rings. The highest BCUT2D eigenvalue weighted by atomic mass is 35.5. The Balaban J connectivity index is 1.83. The van der Waals surface area contributed by atoms with Crippen LogP contribution in [0.5, 0.6) is 0 Å². The number of halogens is 3. The van der Waals surface area contributed by atoms with Crippen LogP contribution in [0.3, 0.4) is 0 Å². The number of aromatic nitrogens is 3. The van der Waals surface area contributed by atoms with Gasteiger partial charge in [0.2, 0.25) is 5.95 Å². The third-order valence-corrected chi connectivity index (χ3v) is 6.21. The first-order chi connectivity index (χ1) is 16.5. The highest BCUT2D eigenvalue weighted by molar-refractivity contribution is 6.29. The predicted molar refractivity (Wildman–Crippen MR) is 126 cm³/mol. The number of hydrogen-bond acceptors (Lipinski definition) is 7. The zero-order valence-corrected chi connectivity index (χ0v) is 19.6. The number of hydrogen-bond donors (Lipinski definition) is 2. The van der Waals surface area contributed by atoms with Gasteiger partial charge in [-0.1, -0.05) is 11.6 Å². The summed E-state index contributed by atoms with van der Waals surface area (Å²) in [6.07, 6.45) is -0.693. The molecular weight excluding hydrogens is 482 g/mol. The van der Waals surface area contributed by atoms with Crippen molar-refractivity contribution in [3.8, 4) is 6.07 Å². The molecule has 0 aliphatic carbocycles. The molecule has 12 heteroatoms. The predicted octanol–water partition coefficient (Wildman–Crippen LogP) is 3.96. The molecule has 1 aliphatic rings. The lowest BCUT2D eigenvalue weighted by molar-refractivity contribution is -0.0223. The van der Waals surface area contributed by atoms with Crippen LogP contribution in [0.25, 0.3) is 10.9 Å². The first kappa shape index (κ1) is 24.3. The smallest absolute Gasteiger partial charge is 0.356 e. The van der Waals surface area contributed by atoms with Gasteiger partial charge in [-0.25, -0.2) is 23.5 Å². The number of pyridine rings is 1. The van der Waals surface area contributed by atoms with Crippen LogP contribution >= 0.6 is 11.6 Å². The molecule has 0 saturated carbocycles. The summed E-state index contributed by atoms with van der Waals surface area (Å²) in [5.41, 5.74) is 0.450. The van der Waals surface area contributed by atoms with E-state index < -0.39 is 23.5 Å². The van der Waals surface area contributed by atoms with Gasteiger partial charge in [-0.15, -0.1) is 0 Å². The van der Waals surface area contributed by atoms with E-state index in [-0.39, 0.29) is 59.4 Å². The second kappa shape index (κ2) is 9.11. The van der Waals surface area contributed by atoms with Gasteiger partial charge >= 0.3 is 5.97 Å². The van der Waals surface area contributed by atoms with Crippen LogP contribution in [0.4, 0.5) is 20.4 Å². The van der Waals surface area contributed by atoms with Crippen molar-refractivity contribution in [2.45, 2.75) is 31.7 Å². The summed E-state index contributed by atoms with van der Waals surface area (Å²) in [7, 11) is 1.51. The van der Waals surface area contributed by atoms with Crippen molar-refractivity contribution >= 4 is 40.1 Å². The molecule has 2 N–H and O–H groups in total. The number of piperidine rings is 1. The second-order valence-electron chi connectivity index (χ2n) is 8.39. The molecule has 9 nitrogen and oxygen atoms in total. The summed E-state index contributed by atoms with van der Waals surface area (Å²) in [4.78, 5) is 35.0. The molecule has 1 saturated heterocycles. The SMILES string of the molecule is C[C@@H](Nc1ccc(Cl)nc1C(=O)O)c1cc(C#N)cc2c(=O)n(C)c(N3CCC(F)(F)CC3)nc12. The van der Waals surface area contributed by atoms with E-state index in [0.29, 0.717) is 11.1 Å². The van der Waals surface area contributed by atoms with E-state index in [4.69, 9.17) is 11.6 Å². The van der Waals surface area contributed by atoms with Gasteiger partial charge in [0.25, 0.3) is 11.5 Å². The number of rotatable bonds is 5. The number of fused-ring (bicyclic) bond motifs is 1. The van der Waals surface area contributed by atoms with Gasteiger partial charge in [0, 0.05) is 38.5 Å². The molecule has 1 aliphatic heterocycles. The monoisotopic (exact) mass is 502 g/mol. The summed E-state index contributed by atoms with van der Waals surface area (Å²) >= 11 is 5.84. The molecule has 182 valence electrons. The van der Waals surface area contributed by atoms with Crippen molar-refractivity contribution in [1.29, 1.82) is 5.26 Å². The molecule has 35 heavy (non-hydrogen) atoms. The quantitative estimate of drug-likeness (QED) is 0.502. The van der Waals surface area contributed by atoms with Crippen LogP contribution in [0.15, 0.2) is 29.1 Å². The average Bonchev–Trinajstić information content (AvgIpc) is 2.82. The van der Waals surface area contributed by atoms with Crippen molar-refractivity contribution < 1.29 is 18.7 Å². The number of alkyl halides is 2. The normalized spacial score (nSPS) is 16.1. The second-order valence-corrected chi connectivity index (χ2v) is 8.78. The van der Waals surface area contributed by atoms with Gasteiger partial charge in [-0.3, -0.25) is 9.36 Å². The highest BCUT2D eigenvalue weighted by Crippen LogP contribution is 2.32. The topological polar surface area (TPSA) is 124 Å². The van der Waals surface area contributed by atoms with E-state index in [1.165, 1.54) is 29.8 Å². The molecular formula is C23H21ClF2N6O3. The van der Waals surface area contributed by atoms with Gasteiger partial charge in [-0.2, -0.15) is 5.26 Å². The fourth-order valence-corrected chi connectivity index (χ4v) is 4.28. The summed E-state index contributed by atoms with van der Waals surface area (Å²) in [6, 6.07) is 7.32. The third kappa shape index (κ3) is 4.74. The molecule has 0 unspecified atom stereocenters. The van der Waals surface area contributed by atoms with E-state index in [1.54, 1.807) is 17.9 Å². The zero-order chi connectivity index (χ0) is 25.5. The molecule has 3 heterocycles.